The standard InChI is InChI=1S/C20H16O2/c21-17-13-7-1-3-9-15(13)19-11-5-6-12-20(17,19)16-10-4-2-8-14(16)18(19)22/h1-4,7-10H,5-6,11-12H2/t19-,20+. The number of carbonyl (C=O) groups is 2. The molecule has 5 rings (SSSR count). The highest BCUT2D eigenvalue weighted by Crippen LogP contribution is 2.65. The lowest BCUT2D eigenvalue weighted by atomic mass is 9.56. The first-order valence-corrected chi connectivity index (χ1v) is 8.02. The van der Waals surface area contributed by atoms with Crippen LogP contribution in [0.15, 0.2) is 48.5 Å². The number of hydrogen-bond acceptors (Lipinski definition) is 2. The van der Waals surface area contributed by atoms with Crippen LogP contribution in [0.2, 0.25) is 0 Å². The van der Waals surface area contributed by atoms with Gasteiger partial charge < -0.3 is 0 Å². The van der Waals surface area contributed by atoms with Gasteiger partial charge >= 0.3 is 0 Å². The molecule has 2 aromatic rings. The minimum Gasteiger partial charge on any atom is -0.293 e. The monoisotopic (exact) mass is 288 g/mol. The van der Waals surface area contributed by atoms with Gasteiger partial charge in [0.15, 0.2) is 11.6 Å². The molecule has 108 valence electrons. The van der Waals surface area contributed by atoms with Gasteiger partial charge in [-0.3, -0.25) is 9.59 Å². The van der Waals surface area contributed by atoms with Gasteiger partial charge in [0, 0.05) is 11.1 Å². The number of ketones is 2. The lowest BCUT2D eigenvalue weighted by Gasteiger charge is -2.43. The molecule has 2 heteroatoms. The third-order valence-electron chi connectivity index (χ3n) is 6.12. The topological polar surface area (TPSA) is 34.1 Å². The van der Waals surface area contributed by atoms with Crippen molar-refractivity contribution >= 4 is 11.6 Å². The summed E-state index contributed by atoms with van der Waals surface area (Å²) in [5.74, 6) is 0.335. The quantitative estimate of drug-likeness (QED) is 0.738. The fraction of sp³-hybridized carbons (Fsp3) is 0.300. The first-order chi connectivity index (χ1) is 10.7. The van der Waals surface area contributed by atoms with Crippen LogP contribution in [-0.2, 0) is 10.8 Å². The zero-order valence-corrected chi connectivity index (χ0v) is 12.3. The van der Waals surface area contributed by atoms with Crippen LogP contribution in [0.25, 0.3) is 0 Å². The minimum absolute atomic E-state index is 0.168. The Hall–Kier alpha value is -2.22. The van der Waals surface area contributed by atoms with Gasteiger partial charge in [0.25, 0.3) is 0 Å². The van der Waals surface area contributed by atoms with Crippen LogP contribution in [0.3, 0.4) is 0 Å². The largest absolute Gasteiger partial charge is 0.293 e. The number of hydrogen-bond donors (Lipinski definition) is 0. The van der Waals surface area contributed by atoms with Gasteiger partial charge in [-0.05, 0) is 24.0 Å². The zero-order chi connectivity index (χ0) is 14.9. The van der Waals surface area contributed by atoms with E-state index in [-0.39, 0.29) is 11.6 Å². The smallest absolute Gasteiger partial charge is 0.175 e. The van der Waals surface area contributed by atoms with Crippen LogP contribution in [0, 0.1) is 0 Å². The van der Waals surface area contributed by atoms with Crippen LogP contribution < -0.4 is 0 Å². The second-order valence-electron chi connectivity index (χ2n) is 6.77. The molecule has 1 fully saturated rings. The summed E-state index contributed by atoms with van der Waals surface area (Å²) in [6, 6.07) is 15.6. The third kappa shape index (κ3) is 1.03. The number of fused-ring (bicyclic) bond motifs is 2. The second kappa shape index (κ2) is 3.75. The summed E-state index contributed by atoms with van der Waals surface area (Å²) in [4.78, 5) is 26.8. The molecule has 0 aliphatic heterocycles. The molecule has 0 bridgehead atoms. The fourth-order valence-electron chi connectivity index (χ4n) is 5.36. The Balaban J connectivity index is 1.96. The maximum absolute atomic E-state index is 13.4. The van der Waals surface area contributed by atoms with E-state index in [9.17, 15) is 9.59 Å². The minimum atomic E-state index is -0.636. The molecule has 0 aromatic heterocycles. The van der Waals surface area contributed by atoms with Crippen LogP contribution >= 0.6 is 0 Å². The van der Waals surface area contributed by atoms with Crippen LogP contribution in [0.5, 0.6) is 0 Å². The van der Waals surface area contributed by atoms with E-state index >= 15 is 0 Å². The average molecular weight is 288 g/mol. The molecular weight excluding hydrogens is 272 g/mol. The van der Waals surface area contributed by atoms with E-state index in [4.69, 9.17) is 0 Å². The maximum Gasteiger partial charge on any atom is 0.175 e. The highest BCUT2D eigenvalue weighted by Gasteiger charge is 2.71. The van der Waals surface area contributed by atoms with Crippen molar-refractivity contribution in [3.05, 3.63) is 70.8 Å². The molecule has 0 unspecified atom stereocenters. The highest BCUT2D eigenvalue weighted by molar-refractivity contribution is 6.25. The zero-order valence-electron chi connectivity index (χ0n) is 12.3. The SMILES string of the molecule is O=C1c2ccccc2[C@]23CCCC[C@@]12c1ccccc1C3=O. The summed E-state index contributed by atoms with van der Waals surface area (Å²) in [5, 5.41) is 0. The fourth-order valence-corrected chi connectivity index (χ4v) is 5.36. The Kier molecular flexibility index (Phi) is 2.10. The Morgan fingerprint density at radius 1 is 0.636 bits per heavy atom. The first-order valence-electron chi connectivity index (χ1n) is 8.02. The Morgan fingerprint density at radius 3 is 1.50 bits per heavy atom. The average Bonchev–Trinajstić information content (AvgIpc) is 2.96. The molecule has 0 N–H and O–H groups in total. The van der Waals surface area contributed by atoms with Gasteiger partial charge in [-0.2, -0.15) is 0 Å². The molecule has 0 spiro atoms. The molecule has 1 saturated carbocycles. The maximum atomic E-state index is 13.4. The van der Waals surface area contributed by atoms with E-state index in [2.05, 4.69) is 0 Å². The van der Waals surface area contributed by atoms with Crippen molar-refractivity contribution in [3.63, 3.8) is 0 Å². The lowest BCUT2D eigenvalue weighted by molar-refractivity contribution is 0.0660. The van der Waals surface area contributed by atoms with E-state index in [1.54, 1.807) is 0 Å². The van der Waals surface area contributed by atoms with Gasteiger partial charge in [0.05, 0.1) is 10.8 Å². The predicted octanol–water partition coefficient (Wildman–Crippen LogP) is 3.83. The van der Waals surface area contributed by atoms with Crippen molar-refractivity contribution in [1.82, 2.24) is 0 Å². The predicted molar refractivity (Wildman–Crippen MR) is 83.4 cm³/mol. The molecule has 0 radical (unpaired) electrons. The van der Waals surface area contributed by atoms with Crippen molar-refractivity contribution in [1.29, 1.82) is 0 Å². The van der Waals surface area contributed by atoms with Crippen molar-refractivity contribution in [2.75, 3.05) is 0 Å². The van der Waals surface area contributed by atoms with Crippen molar-refractivity contribution < 1.29 is 9.59 Å². The molecule has 0 amide bonds. The summed E-state index contributed by atoms with van der Waals surface area (Å²) in [5.41, 5.74) is 2.21. The van der Waals surface area contributed by atoms with Crippen molar-refractivity contribution in [3.8, 4) is 0 Å². The molecule has 2 nitrogen and oxygen atoms in total. The summed E-state index contributed by atoms with van der Waals surface area (Å²) in [6.45, 7) is 0. The van der Waals surface area contributed by atoms with E-state index in [1.807, 2.05) is 48.5 Å². The summed E-state index contributed by atoms with van der Waals surface area (Å²) >= 11 is 0. The van der Waals surface area contributed by atoms with Crippen molar-refractivity contribution in [2.45, 2.75) is 36.5 Å². The highest BCUT2D eigenvalue weighted by atomic mass is 16.1. The van der Waals surface area contributed by atoms with E-state index < -0.39 is 10.8 Å². The van der Waals surface area contributed by atoms with Crippen molar-refractivity contribution in [2.24, 2.45) is 0 Å². The third-order valence-corrected chi connectivity index (χ3v) is 6.12. The Labute approximate surface area is 129 Å². The molecule has 3 aliphatic carbocycles. The lowest BCUT2D eigenvalue weighted by Crippen LogP contribution is -2.51. The van der Waals surface area contributed by atoms with Gasteiger partial charge in [0.1, 0.15) is 0 Å². The molecule has 22 heavy (non-hydrogen) atoms. The number of benzene rings is 2. The molecular formula is C20H16O2. The van der Waals surface area contributed by atoms with Crippen LogP contribution in [-0.4, -0.2) is 11.6 Å². The molecule has 0 saturated heterocycles. The van der Waals surface area contributed by atoms with Gasteiger partial charge in [-0.15, -0.1) is 0 Å². The summed E-state index contributed by atoms with van der Waals surface area (Å²) < 4.78 is 0. The number of Topliss-reactive ketones (excluding diaryl/α,β-unsaturated/α-hetero) is 2. The molecule has 0 heterocycles. The van der Waals surface area contributed by atoms with Gasteiger partial charge in [0.2, 0.25) is 0 Å². The normalized spacial score (nSPS) is 31.5. The molecule has 3 aliphatic rings. The molecule has 2 atom stereocenters. The Bertz CT molecular complexity index is 779. The second-order valence-corrected chi connectivity index (χ2v) is 6.77. The van der Waals surface area contributed by atoms with Crippen LogP contribution in [0.1, 0.15) is 57.5 Å². The first kappa shape index (κ1) is 12.3. The van der Waals surface area contributed by atoms with E-state index in [0.717, 1.165) is 47.9 Å². The number of carbonyl (C=O) groups excluding carboxylic acids is 2. The molecule has 2 aromatic carbocycles. The van der Waals surface area contributed by atoms with Gasteiger partial charge in [-0.1, -0.05) is 61.4 Å². The Morgan fingerprint density at radius 2 is 1.05 bits per heavy atom. The number of rotatable bonds is 0. The van der Waals surface area contributed by atoms with Gasteiger partial charge in [-0.25, -0.2) is 0 Å². The van der Waals surface area contributed by atoms with E-state index in [1.165, 1.54) is 0 Å². The van der Waals surface area contributed by atoms with Crippen LogP contribution in [0.4, 0.5) is 0 Å². The summed E-state index contributed by atoms with van der Waals surface area (Å²) in [7, 11) is 0. The van der Waals surface area contributed by atoms with E-state index in [0.29, 0.717) is 0 Å². The summed E-state index contributed by atoms with van der Waals surface area (Å²) in [6.07, 6.45) is 3.62.